The Bertz CT molecular complexity index is 1090. The molecule has 2 heterocycles. The SMILES string of the molecule is O=C(c1cnc(-c2ccccc2)nc1)N(Cc1ccccn1)c1ccc(Cl)cc1. The molecule has 0 saturated carbocycles. The number of hydrogen-bond acceptors (Lipinski definition) is 4. The molecule has 0 aliphatic carbocycles. The third-order valence-corrected chi connectivity index (χ3v) is 4.61. The van der Waals surface area contributed by atoms with Gasteiger partial charge in [-0.15, -0.1) is 0 Å². The summed E-state index contributed by atoms with van der Waals surface area (Å²) in [7, 11) is 0. The van der Waals surface area contributed by atoms with Gasteiger partial charge in [-0.05, 0) is 36.4 Å². The molecule has 142 valence electrons. The number of pyridine rings is 1. The molecule has 29 heavy (non-hydrogen) atoms. The number of benzene rings is 2. The largest absolute Gasteiger partial charge is 0.302 e. The van der Waals surface area contributed by atoms with Crippen molar-refractivity contribution >= 4 is 23.2 Å². The van der Waals surface area contributed by atoms with E-state index in [9.17, 15) is 4.79 Å². The van der Waals surface area contributed by atoms with Crippen LogP contribution in [0.4, 0.5) is 5.69 Å². The minimum atomic E-state index is -0.211. The number of aromatic nitrogens is 3. The Kier molecular flexibility index (Phi) is 5.59. The van der Waals surface area contributed by atoms with E-state index in [1.807, 2.05) is 60.7 Å². The molecule has 2 aromatic heterocycles. The normalized spacial score (nSPS) is 10.5. The average Bonchev–Trinajstić information content (AvgIpc) is 2.79. The molecule has 0 radical (unpaired) electrons. The molecule has 0 aliphatic rings. The minimum Gasteiger partial charge on any atom is -0.302 e. The summed E-state index contributed by atoms with van der Waals surface area (Å²) in [6, 6.07) is 22.4. The Labute approximate surface area is 173 Å². The van der Waals surface area contributed by atoms with Crippen molar-refractivity contribution in [3.05, 3.63) is 108 Å². The maximum atomic E-state index is 13.3. The van der Waals surface area contributed by atoms with E-state index >= 15 is 0 Å². The van der Waals surface area contributed by atoms with Crippen molar-refractivity contribution in [3.8, 4) is 11.4 Å². The quantitative estimate of drug-likeness (QED) is 0.471. The Morgan fingerprint density at radius 3 is 2.17 bits per heavy atom. The molecule has 0 bridgehead atoms. The van der Waals surface area contributed by atoms with E-state index in [0.29, 0.717) is 23.0 Å². The highest BCUT2D eigenvalue weighted by Crippen LogP contribution is 2.22. The highest BCUT2D eigenvalue weighted by Gasteiger charge is 2.20. The second-order valence-corrected chi connectivity index (χ2v) is 6.79. The maximum Gasteiger partial charge on any atom is 0.261 e. The van der Waals surface area contributed by atoms with Gasteiger partial charge in [0.2, 0.25) is 0 Å². The van der Waals surface area contributed by atoms with Crippen molar-refractivity contribution in [2.45, 2.75) is 6.54 Å². The smallest absolute Gasteiger partial charge is 0.261 e. The summed E-state index contributed by atoms with van der Waals surface area (Å²) in [4.78, 5) is 28.0. The van der Waals surface area contributed by atoms with Crippen LogP contribution in [0.25, 0.3) is 11.4 Å². The molecule has 4 aromatic rings. The van der Waals surface area contributed by atoms with Gasteiger partial charge >= 0.3 is 0 Å². The van der Waals surface area contributed by atoms with Gasteiger partial charge in [-0.3, -0.25) is 9.78 Å². The van der Waals surface area contributed by atoms with Crippen molar-refractivity contribution in [3.63, 3.8) is 0 Å². The number of amides is 1. The lowest BCUT2D eigenvalue weighted by Gasteiger charge is -2.22. The van der Waals surface area contributed by atoms with Gasteiger partial charge in [0, 0.05) is 34.9 Å². The molecule has 0 spiro atoms. The van der Waals surface area contributed by atoms with Gasteiger partial charge in [0.25, 0.3) is 5.91 Å². The van der Waals surface area contributed by atoms with Crippen molar-refractivity contribution in [1.29, 1.82) is 0 Å². The van der Waals surface area contributed by atoms with Gasteiger partial charge in [-0.2, -0.15) is 0 Å². The molecular formula is C23H17ClN4O. The molecule has 2 aromatic carbocycles. The lowest BCUT2D eigenvalue weighted by atomic mass is 10.2. The standard InChI is InChI=1S/C23H17ClN4O/c24-19-9-11-21(12-10-19)28(16-20-8-4-5-13-25-20)23(29)18-14-26-22(27-15-18)17-6-2-1-3-7-17/h1-15H,16H2. The van der Waals surface area contributed by atoms with Crippen LogP contribution < -0.4 is 4.90 Å². The first-order chi connectivity index (χ1) is 14.2. The third kappa shape index (κ3) is 4.47. The van der Waals surface area contributed by atoms with E-state index in [0.717, 1.165) is 16.9 Å². The summed E-state index contributed by atoms with van der Waals surface area (Å²) in [6.45, 7) is 0.321. The number of anilines is 1. The van der Waals surface area contributed by atoms with Crippen molar-refractivity contribution in [2.24, 2.45) is 0 Å². The average molecular weight is 401 g/mol. The number of hydrogen-bond donors (Lipinski definition) is 0. The molecule has 0 unspecified atom stereocenters. The first-order valence-corrected chi connectivity index (χ1v) is 9.43. The minimum absolute atomic E-state index is 0.211. The third-order valence-electron chi connectivity index (χ3n) is 4.36. The summed E-state index contributed by atoms with van der Waals surface area (Å²) >= 11 is 6.01. The van der Waals surface area contributed by atoms with E-state index in [1.54, 1.807) is 35.6 Å². The Hall–Kier alpha value is -3.57. The van der Waals surface area contributed by atoms with Crippen LogP contribution in [0.3, 0.4) is 0 Å². The fraction of sp³-hybridized carbons (Fsp3) is 0.0435. The molecular weight excluding hydrogens is 384 g/mol. The second kappa shape index (κ2) is 8.63. The highest BCUT2D eigenvalue weighted by atomic mass is 35.5. The Balaban J connectivity index is 1.64. The molecule has 6 heteroatoms. The van der Waals surface area contributed by atoms with E-state index in [-0.39, 0.29) is 5.91 Å². The number of rotatable bonds is 5. The van der Waals surface area contributed by atoms with Crippen LogP contribution in [-0.4, -0.2) is 20.9 Å². The number of nitrogens with zero attached hydrogens (tertiary/aromatic N) is 4. The van der Waals surface area contributed by atoms with Crippen LogP contribution in [0.1, 0.15) is 16.1 Å². The first-order valence-electron chi connectivity index (χ1n) is 9.05. The molecule has 1 amide bonds. The predicted molar refractivity (Wildman–Crippen MR) is 114 cm³/mol. The monoisotopic (exact) mass is 400 g/mol. The number of halogens is 1. The van der Waals surface area contributed by atoms with Crippen LogP contribution in [0.15, 0.2) is 91.4 Å². The fourth-order valence-corrected chi connectivity index (χ4v) is 3.01. The van der Waals surface area contributed by atoms with Gasteiger partial charge in [-0.25, -0.2) is 9.97 Å². The van der Waals surface area contributed by atoms with Crippen LogP contribution in [0, 0.1) is 0 Å². The van der Waals surface area contributed by atoms with Crippen LogP contribution in [-0.2, 0) is 6.54 Å². The lowest BCUT2D eigenvalue weighted by Crippen LogP contribution is -2.31. The summed E-state index contributed by atoms with van der Waals surface area (Å²) in [5.74, 6) is 0.363. The summed E-state index contributed by atoms with van der Waals surface area (Å²) in [5.41, 5.74) is 2.79. The summed E-state index contributed by atoms with van der Waals surface area (Å²) in [5, 5.41) is 0.606. The lowest BCUT2D eigenvalue weighted by molar-refractivity contribution is 0.0984. The zero-order valence-electron chi connectivity index (χ0n) is 15.4. The molecule has 0 fully saturated rings. The molecule has 0 N–H and O–H groups in total. The predicted octanol–water partition coefficient (Wildman–Crippen LogP) is 5.04. The van der Waals surface area contributed by atoms with Gasteiger partial charge in [0.1, 0.15) is 0 Å². The molecule has 0 saturated heterocycles. The van der Waals surface area contributed by atoms with E-state index in [1.165, 1.54) is 0 Å². The Morgan fingerprint density at radius 2 is 1.52 bits per heavy atom. The topological polar surface area (TPSA) is 59.0 Å². The van der Waals surface area contributed by atoms with Crippen molar-refractivity contribution < 1.29 is 4.79 Å². The summed E-state index contributed by atoms with van der Waals surface area (Å²) in [6.07, 6.45) is 4.82. The zero-order valence-corrected chi connectivity index (χ0v) is 16.2. The van der Waals surface area contributed by atoms with Gasteiger partial charge in [0.15, 0.2) is 5.82 Å². The molecule has 5 nitrogen and oxygen atoms in total. The number of carbonyl (C=O) groups is 1. The molecule has 4 rings (SSSR count). The summed E-state index contributed by atoms with van der Waals surface area (Å²) < 4.78 is 0. The van der Waals surface area contributed by atoms with Gasteiger partial charge in [0.05, 0.1) is 17.8 Å². The van der Waals surface area contributed by atoms with Crippen molar-refractivity contribution in [1.82, 2.24) is 15.0 Å². The van der Waals surface area contributed by atoms with Gasteiger partial charge in [-0.1, -0.05) is 48.0 Å². The zero-order chi connectivity index (χ0) is 20.1. The van der Waals surface area contributed by atoms with E-state index in [4.69, 9.17) is 11.6 Å². The number of carbonyl (C=O) groups excluding carboxylic acids is 1. The van der Waals surface area contributed by atoms with Crippen LogP contribution >= 0.6 is 11.6 Å². The molecule has 0 aliphatic heterocycles. The van der Waals surface area contributed by atoms with E-state index < -0.39 is 0 Å². The second-order valence-electron chi connectivity index (χ2n) is 6.35. The first kappa shape index (κ1) is 18.8. The van der Waals surface area contributed by atoms with E-state index in [2.05, 4.69) is 15.0 Å². The highest BCUT2D eigenvalue weighted by molar-refractivity contribution is 6.30. The Morgan fingerprint density at radius 1 is 0.828 bits per heavy atom. The van der Waals surface area contributed by atoms with Crippen molar-refractivity contribution in [2.75, 3.05) is 4.90 Å². The van der Waals surface area contributed by atoms with Crippen LogP contribution in [0.5, 0.6) is 0 Å². The van der Waals surface area contributed by atoms with Crippen LogP contribution in [0.2, 0.25) is 5.02 Å². The molecule has 0 atom stereocenters. The maximum absolute atomic E-state index is 13.3. The van der Waals surface area contributed by atoms with Gasteiger partial charge < -0.3 is 4.90 Å². The fourth-order valence-electron chi connectivity index (χ4n) is 2.89.